The van der Waals surface area contributed by atoms with Gasteiger partial charge in [-0.2, -0.15) is 5.26 Å². The Labute approximate surface area is 75.7 Å². The highest BCUT2D eigenvalue weighted by atomic mass is 16.5. The summed E-state index contributed by atoms with van der Waals surface area (Å²) in [6.45, 7) is 1.67. The van der Waals surface area contributed by atoms with Crippen molar-refractivity contribution in [2.24, 2.45) is 5.41 Å². The number of amides is 1. The van der Waals surface area contributed by atoms with E-state index in [9.17, 15) is 9.59 Å². The lowest BCUT2D eigenvalue weighted by Crippen LogP contribution is -2.32. The van der Waals surface area contributed by atoms with E-state index in [1.807, 2.05) is 0 Å². The van der Waals surface area contributed by atoms with E-state index in [1.54, 1.807) is 13.0 Å². The van der Waals surface area contributed by atoms with Crippen molar-refractivity contribution in [2.75, 3.05) is 13.2 Å². The highest BCUT2D eigenvalue weighted by Gasteiger charge is 2.42. The summed E-state index contributed by atoms with van der Waals surface area (Å²) in [5, 5.41) is 10.7. The van der Waals surface area contributed by atoms with Crippen molar-refractivity contribution in [1.82, 2.24) is 5.32 Å². The van der Waals surface area contributed by atoms with Crippen molar-refractivity contribution in [3.8, 4) is 6.07 Å². The molecule has 1 aliphatic heterocycles. The van der Waals surface area contributed by atoms with E-state index in [0.29, 0.717) is 0 Å². The average molecular weight is 182 g/mol. The Morgan fingerprint density at radius 2 is 2.54 bits per heavy atom. The van der Waals surface area contributed by atoms with E-state index in [0.717, 1.165) is 0 Å². The Morgan fingerprint density at radius 1 is 1.85 bits per heavy atom. The summed E-state index contributed by atoms with van der Waals surface area (Å²) in [7, 11) is 0. The van der Waals surface area contributed by atoms with Crippen LogP contribution in [0, 0.1) is 16.7 Å². The van der Waals surface area contributed by atoms with Crippen LogP contribution in [0.1, 0.15) is 13.3 Å². The van der Waals surface area contributed by atoms with Crippen LogP contribution in [0.3, 0.4) is 0 Å². The van der Waals surface area contributed by atoms with E-state index < -0.39 is 11.4 Å². The Kier molecular flexibility index (Phi) is 2.52. The van der Waals surface area contributed by atoms with Gasteiger partial charge < -0.3 is 10.1 Å². The summed E-state index contributed by atoms with van der Waals surface area (Å²) in [5.74, 6) is -0.649. The van der Waals surface area contributed by atoms with Gasteiger partial charge in [0, 0.05) is 13.0 Å². The number of nitrogens with one attached hydrogen (secondary N) is 1. The zero-order valence-corrected chi connectivity index (χ0v) is 7.29. The van der Waals surface area contributed by atoms with Crippen LogP contribution in [0.2, 0.25) is 0 Å². The summed E-state index contributed by atoms with van der Waals surface area (Å²) in [6, 6.07) is 1.70. The first kappa shape index (κ1) is 9.52. The highest BCUT2D eigenvalue weighted by Crippen LogP contribution is 2.26. The topological polar surface area (TPSA) is 79.2 Å². The normalized spacial score (nSPS) is 26.3. The van der Waals surface area contributed by atoms with E-state index >= 15 is 0 Å². The maximum Gasteiger partial charge on any atom is 0.315 e. The minimum absolute atomic E-state index is 0.136. The van der Waals surface area contributed by atoms with Crippen LogP contribution in [0.4, 0.5) is 0 Å². The molecule has 5 nitrogen and oxygen atoms in total. The molecule has 1 rings (SSSR count). The van der Waals surface area contributed by atoms with Crippen LogP contribution >= 0.6 is 0 Å². The fourth-order valence-electron chi connectivity index (χ4n) is 1.19. The number of hydrogen-bond donors (Lipinski definition) is 1. The summed E-state index contributed by atoms with van der Waals surface area (Å²) >= 11 is 0. The summed E-state index contributed by atoms with van der Waals surface area (Å²) in [5.41, 5.74) is -0.798. The zero-order chi connectivity index (χ0) is 9.90. The van der Waals surface area contributed by atoms with Gasteiger partial charge in [0.2, 0.25) is 5.91 Å². The largest absolute Gasteiger partial charge is 0.450 e. The van der Waals surface area contributed by atoms with Crippen molar-refractivity contribution in [3.05, 3.63) is 0 Å². The maximum absolute atomic E-state index is 11.3. The number of ether oxygens (including phenoxy) is 1. The van der Waals surface area contributed by atoms with Crippen molar-refractivity contribution in [2.45, 2.75) is 13.3 Å². The van der Waals surface area contributed by atoms with Gasteiger partial charge in [0.25, 0.3) is 0 Å². The number of esters is 1. The second-order valence-electron chi connectivity index (χ2n) is 3.25. The van der Waals surface area contributed by atoms with Gasteiger partial charge >= 0.3 is 5.97 Å². The molecular weight excluding hydrogens is 172 g/mol. The van der Waals surface area contributed by atoms with Gasteiger partial charge in [0.05, 0.1) is 5.41 Å². The highest BCUT2D eigenvalue weighted by molar-refractivity contribution is 5.89. The van der Waals surface area contributed by atoms with Crippen LogP contribution in [0.5, 0.6) is 0 Å². The quantitative estimate of drug-likeness (QED) is 0.588. The second kappa shape index (κ2) is 3.44. The molecule has 0 spiro atoms. The molecule has 0 bridgehead atoms. The summed E-state index contributed by atoms with van der Waals surface area (Å²) in [6.07, 6.45) is 0.136. The molecule has 1 atom stereocenters. The van der Waals surface area contributed by atoms with Gasteiger partial charge in [-0.15, -0.1) is 0 Å². The minimum Gasteiger partial charge on any atom is -0.450 e. The van der Waals surface area contributed by atoms with Crippen molar-refractivity contribution in [1.29, 1.82) is 5.26 Å². The number of nitriles is 1. The molecular formula is C8H10N2O3. The molecule has 0 saturated carbocycles. The first-order valence-corrected chi connectivity index (χ1v) is 3.89. The van der Waals surface area contributed by atoms with Gasteiger partial charge in [0.15, 0.2) is 6.61 Å². The average Bonchev–Trinajstić information content (AvgIpc) is 2.43. The van der Waals surface area contributed by atoms with E-state index in [-0.39, 0.29) is 25.5 Å². The van der Waals surface area contributed by atoms with Gasteiger partial charge in [-0.05, 0) is 6.92 Å². The summed E-state index contributed by atoms with van der Waals surface area (Å²) in [4.78, 5) is 22.2. The number of carbonyl (C=O) groups excluding carboxylic acids is 2. The van der Waals surface area contributed by atoms with E-state index in [1.165, 1.54) is 0 Å². The smallest absolute Gasteiger partial charge is 0.315 e. The molecule has 1 N–H and O–H groups in total. The van der Waals surface area contributed by atoms with Gasteiger partial charge in [-0.3, -0.25) is 9.59 Å². The van der Waals surface area contributed by atoms with Crippen molar-refractivity contribution >= 4 is 11.9 Å². The Bertz CT molecular complexity index is 282. The monoisotopic (exact) mass is 182 g/mol. The van der Waals surface area contributed by atoms with Gasteiger partial charge in [-0.1, -0.05) is 0 Å². The van der Waals surface area contributed by atoms with E-state index in [4.69, 9.17) is 5.26 Å². The fourth-order valence-corrected chi connectivity index (χ4v) is 1.19. The predicted molar refractivity (Wildman–Crippen MR) is 42.3 cm³/mol. The molecule has 1 unspecified atom stereocenters. The molecule has 1 saturated heterocycles. The molecule has 70 valence electrons. The number of hydrogen-bond acceptors (Lipinski definition) is 4. The van der Waals surface area contributed by atoms with Crippen molar-refractivity contribution < 1.29 is 14.3 Å². The fraction of sp³-hybridized carbons (Fsp3) is 0.625. The molecule has 1 fully saturated rings. The molecule has 0 aliphatic carbocycles. The lowest BCUT2D eigenvalue weighted by Gasteiger charge is -2.17. The van der Waals surface area contributed by atoms with Crippen LogP contribution in [-0.4, -0.2) is 25.0 Å². The van der Waals surface area contributed by atoms with Crippen LogP contribution in [0.15, 0.2) is 0 Å². The van der Waals surface area contributed by atoms with Crippen molar-refractivity contribution in [3.63, 3.8) is 0 Å². The van der Waals surface area contributed by atoms with Gasteiger partial charge in [-0.25, -0.2) is 0 Å². The third-order valence-corrected chi connectivity index (χ3v) is 1.99. The first-order chi connectivity index (χ1) is 6.08. The Morgan fingerprint density at radius 3 is 3.00 bits per heavy atom. The molecule has 0 aromatic rings. The molecule has 13 heavy (non-hydrogen) atoms. The Hall–Kier alpha value is -1.57. The SMILES string of the molecule is CC1(C(=O)OCC#N)CNC(=O)C1. The second-order valence-corrected chi connectivity index (χ2v) is 3.25. The minimum atomic E-state index is -0.798. The number of nitrogens with zero attached hydrogens (tertiary/aromatic N) is 1. The number of rotatable bonds is 2. The Balaban J connectivity index is 2.56. The third-order valence-electron chi connectivity index (χ3n) is 1.99. The van der Waals surface area contributed by atoms with Crippen LogP contribution in [-0.2, 0) is 14.3 Å². The molecule has 1 aliphatic rings. The number of carbonyl (C=O) groups is 2. The third kappa shape index (κ3) is 1.96. The molecule has 0 aromatic carbocycles. The molecule has 1 heterocycles. The standard InChI is InChI=1S/C8H10N2O3/c1-8(4-6(11)10-5-8)7(12)13-3-2-9/h3-5H2,1H3,(H,10,11). The van der Waals surface area contributed by atoms with Crippen LogP contribution in [0.25, 0.3) is 0 Å². The molecule has 0 radical (unpaired) electrons. The molecule has 0 aromatic heterocycles. The van der Waals surface area contributed by atoms with Gasteiger partial charge in [0.1, 0.15) is 6.07 Å². The molecule has 5 heteroatoms. The predicted octanol–water partition coefficient (Wildman–Crippen LogP) is -0.421. The summed E-state index contributed by atoms with van der Waals surface area (Å²) < 4.78 is 4.63. The lowest BCUT2D eigenvalue weighted by atomic mass is 9.90. The first-order valence-electron chi connectivity index (χ1n) is 3.89. The maximum atomic E-state index is 11.3. The lowest BCUT2D eigenvalue weighted by molar-refractivity contribution is -0.152. The van der Waals surface area contributed by atoms with E-state index in [2.05, 4.69) is 10.1 Å². The van der Waals surface area contributed by atoms with Crippen LogP contribution < -0.4 is 5.32 Å². The molecule has 1 amide bonds. The zero-order valence-electron chi connectivity index (χ0n) is 7.29.